The number of hydrogen-bond donors (Lipinski definition) is 1. The van der Waals surface area contributed by atoms with E-state index >= 15 is 0 Å². The third-order valence-corrected chi connectivity index (χ3v) is 4.48. The predicted molar refractivity (Wildman–Crippen MR) is 108 cm³/mol. The summed E-state index contributed by atoms with van der Waals surface area (Å²) in [6, 6.07) is 14.5. The van der Waals surface area contributed by atoms with E-state index in [9.17, 15) is 14.4 Å². The quantitative estimate of drug-likeness (QED) is 0.737. The average molecular weight is 378 g/mol. The first kappa shape index (κ1) is 19.3. The first-order valence-corrected chi connectivity index (χ1v) is 8.92. The molecule has 1 aromatic heterocycles. The van der Waals surface area contributed by atoms with Crippen LogP contribution in [0, 0.1) is 13.8 Å². The summed E-state index contributed by atoms with van der Waals surface area (Å²) in [6.07, 6.45) is 0. The van der Waals surface area contributed by atoms with E-state index in [0.29, 0.717) is 16.8 Å². The van der Waals surface area contributed by atoms with E-state index in [1.807, 2.05) is 31.2 Å². The molecule has 0 bridgehead atoms. The maximum atomic E-state index is 12.6. The van der Waals surface area contributed by atoms with Crippen molar-refractivity contribution in [3.63, 3.8) is 0 Å². The number of aryl methyl sites for hydroxylation is 2. The van der Waals surface area contributed by atoms with Crippen LogP contribution in [0.5, 0.6) is 0 Å². The van der Waals surface area contributed by atoms with Crippen molar-refractivity contribution in [3.05, 3.63) is 70.1 Å². The average Bonchev–Trinajstić information content (AvgIpc) is 2.67. The zero-order valence-corrected chi connectivity index (χ0v) is 16.1. The van der Waals surface area contributed by atoms with Gasteiger partial charge in [-0.3, -0.25) is 14.4 Å². The van der Waals surface area contributed by atoms with Gasteiger partial charge < -0.3 is 10.2 Å². The topological polar surface area (TPSA) is 84.3 Å². The van der Waals surface area contributed by atoms with E-state index in [1.54, 1.807) is 31.2 Å². The molecule has 144 valence electrons. The molecule has 0 aliphatic heterocycles. The smallest absolute Gasteiger partial charge is 0.275 e. The van der Waals surface area contributed by atoms with E-state index in [-0.39, 0.29) is 30.5 Å². The van der Waals surface area contributed by atoms with Crippen LogP contribution in [0.3, 0.4) is 0 Å². The number of anilines is 1. The van der Waals surface area contributed by atoms with Gasteiger partial charge in [0.1, 0.15) is 6.54 Å². The number of fused-ring (bicyclic) bond motifs is 1. The monoisotopic (exact) mass is 378 g/mol. The normalized spacial score (nSPS) is 10.7. The predicted octanol–water partition coefficient (Wildman–Crippen LogP) is 2.11. The van der Waals surface area contributed by atoms with Gasteiger partial charge in [-0.05, 0) is 32.0 Å². The summed E-state index contributed by atoms with van der Waals surface area (Å²) in [5, 5.41) is 8.26. The second-order valence-electron chi connectivity index (χ2n) is 6.76. The number of rotatable bonds is 5. The fraction of sp³-hybridized carbons (Fsp3) is 0.238. The van der Waals surface area contributed by atoms with Crippen LogP contribution >= 0.6 is 0 Å². The fourth-order valence-electron chi connectivity index (χ4n) is 2.90. The molecular weight excluding hydrogens is 356 g/mol. The van der Waals surface area contributed by atoms with Crippen molar-refractivity contribution >= 4 is 28.3 Å². The number of carbonyl (C=O) groups excluding carboxylic acids is 2. The summed E-state index contributed by atoms with van der Waals surface area (Å²) in [6.45, 7) is 3.41. The van der Waals surface area contributed by atoms with E-state index in [0.717, 1.165) is 15.6 Å². The number of carbonyl (C=O) groups is 2. The molecule has 0 spiro atoms. The molecule has 0 saturated heterocycles. The largest absolute Gasteiger partial charge is 0.335 e. The molecule has 3 aromatic rings. The van der Waals surface area contributed by atoms with Crippen molar-refractivity contribution in [1.29, 1.82) is 0 Å². The summed E-state index contributed by atoms with van der Waals surface area (Å²) < 4.78 is 1.15. The third kappa shape index (κ3) is 4.25. The highest BCUT2D eigenvalue weighted by atomic mass is 16.2. The van der Waals surface area contributed by atoms with Crippen molar-refractivity contribution in [2.75, 3.05) is 18.9 Å². The number of aromatic nitrogens is 2. The zero-order chi connectivity index (χ0) is 20.3. The maximum absolute atomic E-state index is 12.6. The van der Waals surface area contributed by atoms with Gasteiger partial charge in [0.05, 0.1) is 17.6 Å². The Morgan fingerprint density at radius 3 is 2.36 bits per heavy atom. The number of benzene rings is 2. The lowest BCUT2D eigenvalue weighted by atomic mass is 10.1. The molecule has 0 fully saturated rings. The molecule has 0 saturated carbocycles. The standard InChI is InChI=1S/C21H22N4O3/c1-14-8-10-16(11-9-14)22-19(26)12-24(3)20(27)13-25-21(28)18-7-5-4-6-17(18)15(2)23-25/h4-11H,12-13H2,1-3H3,(H,22,26). The number of nitrogens with one attached hydrogen (secondary N) is 1. The van der Waals surface area contributed by atoms with E-state index < -0.39 is 0 Å². The van der Waals surface area contributed by atoms with E-state index in [4.69, 9.17) is 0 Å². The molecule has 2 aromatic carbocycles. The molecule has 28 heavy (non-hydrogen) atoms. The van der Waals surface area contributed by atoms with Gasteiger partial charge in [-0.1, -0.05) is 35.9 Å². The number of nitrogens with zero attached hydrogens (tertiary/aromatic N) is 3. The van der Waals surface area contributed by atoms with Gasteiger partial charge in [0.15, 0.2) is 0 Å². The molecule has 1 heterocycles. The summed E-state index contributed by atoms with van der Waals surface area (Å²) in [5.74, 6) is -0.682. The van der Waals surface area contributed by atoms with Crippen LogP contribution in [0.25, 0.3) is 10.8 Å². The van der Waals surface area contributed by atoms with Crippen molar-refractivity contribution in [1.82, 2.24) is 14.7 Å². The number of amides is 2. The van der Waals surface area contributed by atoms with Gasteiger partial charge in [0, 0.05) is 18.1 Å². The zero-order valence-electron chi connectivity index (χ0n) is 16.1. The molecular formula is C21H22N4O3. The lowest BCUT2D eigenvalue weighted by Crippen LogP contribution is -2.39. The van der Waals surface area contributed by atoms with Crippen molar-refractivity contribution in [2.24, 2.45) is 0 Å². The fourth-order valence-corrected chi connectivity index (χ4v) is 2.90. The van der Waals surface area contributed by atoms with Gasteiger partial charge in [-0.15, -0.1) is 0 Å². The Balaban J connectivity index is 1.68. The molecule has 3 rings (SSSR count). The number of hydrogen-bond acceptors (Lipinski definition) is 4. The van der Waals surface area contributed by atoms with E-state index in [2.05, 4.69) is 10.4 Å². The van der Waals surface area contributed by atoms with Crippen molar-refractivity contribution in [3.8, 4) is 0 Å². The molecule has 7 heteroatoms. The minimum absolute atomic E-state index is 0.117. The Kier molecular flexibility index (Phi) is 5.54. The van der Waals surface area contributed by atoms with Gasteiger partial charge >= 0.3 is 0 Å². The van der Waals surface area contributed by atoms with Crippen LogP contribution in [-0.4, -0.2) is 40.1 Å². The van der Waals surface area contributed by atoms with Crippen LogP contribution in [0.1, 0.15) is 11.3 Å². The van der Waals surface area contributed by atoms with Gasteiger partial charge in [-0.25, -0.2) is 4.68 Å². The first-order chi connectivity index (χ1) is 13.3. The Bertz CT molecular complexity index is 1090. The second-order valence-corrected chi connectivity index (χ2v) is 6.76. The molecule has 7 nitrogen and oxygen atoms in total. The minimum Gasteiger partial charge on any atom is -0.335 e. The first-order valence-electron chi connectivity index (χ1n) is 8.92. The van der Waals surface area contributed by atoms with Crippen LogP contribution < -0.4 is 10.9 Å². The molecule has 0 aliphatic carbocycles. The van der Waals surface area contributed by atoms with E-state index in [1.165, 1.54) is 11.9 Å². The summed E-state index contributed by atoms with van der Waals surface area (Å²) in [4.78, 5) is 38.5. The minimum atomic E-state index is -0.372. The highest BCUT2D eigenvalue weighted by Gasteiger charge is 2.16. The molecule has 0 radical (unpaired) electrons. The SMILES string of the molecule is Cc1ccc(NC(=O)CN(C)C(=O)Cn2nc(C)c3ccccc3c2=O)cc1. The summed E-state index contributed by atoms with van der Waals surface area (Å²) in [5.41, 5.74) is 2.10. The highest BCUT2D eigenvalue weighted by molar-refractivity contribution is 5.94. The molecule has 0 aliphatic rings. The van der Waals surface area contributed by atoms with Crippen LogP contribution in [0.4, 0.5) is 5.69 Å². The summed E-state index contributed by atoms with van der Waals surface area (Å²) >= 11 is 0. The highest BCUT2D eigenvalue weighted by Crippen LogP contribution is 2.12. The molecule has 0 unspecified atom stereocenters. The van der Waals surface area contributed by atoms with Crippen molar-refractivity contribution in [2.45, 2.75) is 20.4 Å². The van der Waals surface area contributed by atoms with Crippen molar-refractivity contribution < 1.29 is 9.59 Å². The molecule has 0 atom stereocenters. The van der Waals surface area contributed by atoms with Gasteiger partial charge in [0.25, 0.3) is 5.56 Å². The Morgan fingerprint density at radius 1 is 1.04 bits per heavy atom. The van der Waals surface area contributed by atoms with Crippen LogP contribution in [0.2, 0.25) is 0 Å². The Morgan fingerprint density at radius 2 is 1.68 bits per heavy atom. The van der Waals surface area contributed by atoms with Gasteiger partial charge in [-0.2, -0.15) is 5.10 Å². The Hall–Kier alpha value is -3.48. The third-order valence-electron chi connectivity index (χ3n) is 4.48. The van der Waals surface area contributed by atoms with Gasteiger partial charge in [0.2, 0.25) is 11.8 Å². The lowest BCUT2D eigenvalue weighted by molar-refractivity contribution is -0.134. The second kappa shape index (κ2) is 8.04. The molecule has 1 N–H and O–H groups in total. The number of likely N-dealkylation sites (N-methyl/N-ethyl adjacent to an activating group) is 1. The summed E-state index contributed by atoms with van der Waals surface area (Å²) in [7, 11) is 1.52. The molecule has 2 amide bonds. The maximum Gasteiger partial charge on any atom is 0.275 e. The Labute approximate surface area is 162 Å². The van der Waals surface area contributed by atoms with Crippen LogP contribution in [-0.2, 0) is 16.1 Å². The van der Waals surface area contributed by atoms with Crippen LogP contribution in [0.15, 0.2) is 53.3 Å². The lowest BCUT2D eigenvalue weighted by Gasteiger charge is -2.17.